The van der Waals surface area contributed by atoms with Gasteiger partial charge in [-0.3, -0.25) is 4.79 Å². The molecule has 2 aromatic heterocycles. The topological polar surface area (TPSA) is 47.5 Å². The minimum absolute atomic E-state index is 0.208. The van der Waals surface area contributed by atoms with Crippen LogP contribution in [0.15, 0.2) is 52.1 Å². The largest absolute Gasteiger partial charge is 0.459 e. The zero-order chi connectivity index (χ0) is 16.4. The molecular formula is C17H15FN2O2S. The molecule has 0 aliphatic heterocycles. The third-order valence-corrected chi connectivity index (χ3v) is 4.75. The van der Waals surface area contributed by atoms with Crippen LogP contribution in [0.5, 0.6) is 0 Å². The minimum atomic E-state index is -0.417. The van der Waals surface area contributed by atoms with Gasteiger partial charge in [0.1, 0.15) is 5.82 Å². The number of nitrogens with zero attached hydrogens (tertiary/aromatic N) is 2. The highest BCUT2D eigenvalue weighted by Gasteiger charge is 2.14. The zero-order valence-corrected chi connectivity index (χ0v) is 13.6. The van der Waals surface area contributed by atoms with E-state index >= 15 is 0 Å². The molecule has 0 aliphatic carbocycles. The molecule has 0 atom stereocenters. The highest BCUT2D eigenvalue weighted by molar-refractivity contribution is 7.09. The van der Waals surface area contributed by atoms with Crippen molar-refractivity contribution < 1.29 is 13.6 Å². The summed E-state index contributed by atoms with van der Waals surface area (Å²) in [5, 5.41) is 0. The van der Waals surface area contributed by atoms with Crippen molar-refractivity contribution in [2.75, 3.05) is 0 Å². The third-order valence-electron chi connectivity index (χ3n) is 3.47. The monoisotopic (exact) mass is 330 g/mol. The Kier molecular flexibility index (Phi) is 4.25. The standard InChI is InChI=1S/C17H15FN2O2S/c1-3-14-15(11-6-8-12(18)9-7-11)20(2)17(23-14)19-16(21)13-5-4-10-22-13/h4-10H,3H2,1-2H3. The summed E-state index contributed by atoms with van der Waals surface area (Å²) >= 11 is 1.45. The summed E-state index contributed by atoms with van der Waals surface area (Å²) in [7, 11) is 1.85. The Morgan fingerprint density at radius 1 is 1.30 bits per heavy atom. The van der Waals surface area contributed by atoms with Gasteiger partial charge in [-0.2, -0.15) is 4.99 Å². The van der Waals surface area contributed by atoms with Gasteiger partial charge in [-0.25, -0.2) is 4.39 Å². The lowest BCUT2D eigenvalue weighted by Crippen LogP contribution is -2.14. The molecule has 0 radical (unpaired) electrons. The van der Waals surface area contributed by atoms with Gasteiger partial charge in [0.2, 0.25) is 0 Å². The van der Waals surface area contributed by atoms with Gasteiger partial charge in [-0.1, -0.05) is 6.92 Å². The van der Waals surface area contributed by atoms with E-state index in [0.29, 0.717) is 4.80 Å². The molecule has 118 valence electrons. The molecule has 6 heteroatoms. The lowest BCUT2D eigenvalue weighted by molar-refractivity contribution is 0.0971. The molecule has 0 aliphatic rings. The number of carbonyl (C=O) groups is 1. The maximum atomic E-state index is 13.1. The van der Waals surface area contributed by atoms with E-state index in [9.17, 15) is 9.18 Å². The van der Waals surface area contributed by atoms with Crippen LogP contribution in [0.3, 0.4) is 0 Å². The van der Waals surface area contributed by atoms with Crippen LogP contribution in [0.2, 0.25) is 0 Å². The van der Waals surface area contributed by atoms with Crippen molar-refractivity contribution in [1.29, 1.82) is 0 Å². The van der Waals surface area contributed by atoms with Crippen LogP contribution >= 0.6 is 11.3 Å². The first-order valence-corrected chi connectivity index (χ1v) is 7.99. The van der Waals surface area contributed by atoms with E-state index in [-0.39, 0.29) is 11.6 Å². The van der Waals surface area contributed by atoms with E-state index in [2.05, 4.69) is 4.99 Å². The first-order valence-electron chi connectivity index (χ1n) is 7.17. The number of furan rings is 1. The Morgan fingerprint density at radius 3 is 2.65 bits per heavy atom. The Bertz CT molecular complexity index is 890. The third kappa shape index (κ3) is 3.03. The summed E-state index contributed by atoms with van der Waals surface area (Å²) in [6.07, 6.45) is 2.24. The summed E-state index contributed by atoms with van der Waals surface area (Å²) in [5.74, 6) is -0.484. The van der Waals surface area contributed by atoms with Crippen molar-refractivity contribution in [3.05, 3.63) is 63.9 Å². The van der Waals surface area contributed by atoms with Gasteiger partial charge in [0, 0.05) is 11.9 Å². The number of rotatable bonds is 3. The minimum Gasteiger partial charge on any atom is -0.459 e. The molecule has 0 bridgehead atoms. The quantitative estimate of drug-likeness (QED) is 0.733. The van der Waals surface area contributed by atoms with Crippen molar-refractivity contribution in [3.8, 4) is 11.3 Å². The van der Waals surface area contributed by atoms with Crippen molar-refractivity contribution in [1.82, 2.24) is 4.57 Å². The van der Waals surface area contributed by atoms with Gasteiger partial charge in [-0.15, -0.1) is 11.3 Å². The van der Waals surface area contributed by atoms with E-state index < -0.39 is 5.91 Å². The van der Waals surface area contributed by atoms with Gasteiger partial charge < -0.3 is 8.98 Å². The number of hydrogen-bond donors (Lipinski definition) is 0. The summed E-state index contributed by atoms with van der Waals surface area (Å²) < 4.78 is 20.1. The van der Waals surface area contributed by atoms with Gasteiger partial charge in [0.05, 0.1) is 12.0 Å². The molecule has 0 saturated carbocycles. The van der Waals surface area contributed by atoms with E-state index in [1.54, 1.807) is 24.3 Å². The SMILES string of the molecule is CCc1sc(=NC(=O)c2ccco2)n(C)c1-c1ccc(F)cc1. The summed E-state index contributed by atoms with van der Waals surface area (Å²) in [5.41, 5.74) is 1.84. The number of aryl methyl sites for hydroxylation is 1. The van der Waals surface area contributed by atoms with Gasteiger partial charge in [0.25, 0.3) is 0 Å². The van der Waals surface area contributed by atoms with E-state index in [4.69, 9.17) is 4.42 Å². The molecule has 4 nitrogen and oxygen atoms in total. The maximum absolute atomic E-state index is 13.1. The number of carbonyl (C=O) groups excluding carboxylic acids is 1. The lowest BCUT2D eigenvalue weighted by atomic mass is 10.1. The smallest absolute Gasteiger partial charge is 0.315 e. The van der Waals surface area contributed by atoms with Crippen LogP contribution in [0.25, 0.3) is 11.3 Å². The molecule has 2 heterocycles. The fourth-order valence-electron chi connectivity index (χ4n) is 2.35. The van der Waals surface area contributed by atoms with Crippen molar-refractivity contribution in [2.24, 2.45) is 12.0 Å². The molecule has 1 aromatic carbocycles. The number of aromatic nitrogens is 1. The fourth-order valence-corrected chi connectivity index (χ4v) is 3.42. The number of amides is 1. The summed E-state index contributed by atoms with van der Waals surface area (Å²) in [6.45, 7) is 2.04. The normalized spacial score (nSPS) is 11.9. The number of hydrogen-bond acceptors (Lipinski definition) is 3. The molecule has 0 unspecified atom stereocenters. The second kappa shape index (κ2) is 6.34. The molecule has 0 fully saturated rings. The highest BCUT2D eigenvalue weighted by atomic mass is 32.1. The van der Waals surface area contributed by atoms with Crippen LogP contribution in [0.1, 0.15) is 22.4 Å². The van der Waals surface area contributed by atoms with Crippen LogP contribution in [0, 0.1) is 5.82 Å². The van der Waals surface area contributed by atoms with Crippen LogP contribution in [-0.2, 0) is 13.5 Å². The van der Waals surface area contributed by atoms with Crippen molar-refractivity contribution in [2.45, 2.75) is 13.3 Å². The molecule has 1 amide bonds. The average Bonchev–Trinajstić information content (AvgIpc) is 3.18. The van der Waals surface area contributed by atoms with Crippen LogP contribution < -0.4 is 4.80 Å². The molecule has 23 heavy (non-hydrogen) atoms. The number of thiazole rings is 1. The second-order valence-electron chi connectivity index (χ2n) is 4.97. The molecular weight excluding hydrogens is 315 g/mol. The zero-order valence-electron chi connectivity index (χ0n) is 12.7. The summed E-state index contributed by atoms with van der Waals surface area (Å²) in [4.78, 5) is 17.9. The lowest BCUT2D eigenvalue weighted by Gasteiger charge is -2.05. The number of benzene rings is 1. The molecule has 3 rings (SSSR count). The summed E-state index contributed by atoms with van der Waals surface area (Å²) in [6, 6.07) is 9.55. The number of halogens is 1. The van der Waals surface area contributed by atoms with Gasteiger partial charge in [0.15, 0.2) is 10.6 Å². The molecule has 3 aromatic rings. The van der Waals surface area contributed by atoms with Gasteiger partial charge in [-0.05, 0) is 48.4 Å². The Morgan fingerprint density at radius 2 is 2.04 bits per heavy atom. The van der Waals surface area contributed by atoms with E-state index in [1.165, 1.54) is 29.7 Å². The van der Waals surface area contributed by atoms with Gasteiger partial charge >= 0.3 is 5.91 Å². The first-order chi connectivity index (χ1) is 11.1. The average molecular weight is 330 g/mol. The van der Waals surface area contributed by atoms with Crippen molar-refractivity contribution in [3.63, 3.8) is 0 Å². The van der Waals surface area contributed by atoms with E-state index in [0.717, 1.165) is 22.6 Å². The Balaban J connectivity index is 2.10. The Labute approximate surface area is 136 Å². The molecule has 0 N–H and O–H groups in total. The first kappa shape index (κ1) is 15.4. The predicted octanol–water partition coefficient (Wildman–Crippen LogP) is 3.79. The van der Waals surface area contributed by atoms with E-state index in [1.807, 2.05) is 18.5 Å². The molecule has 0 spiro atoms. The fraction of sp³-hybridized carbons (Fsp3) is 0.176. The van der Waals surface area contributed by atoms with Crippen molar-refractivity contribution >= 4 is 17.2 Å². The predicted molar refractivity (Wildman–Crippen MR) is 86.7 cm³/mol. The molecule has 0 saturated heterocycles. The second-order valence-corrected chi connectivity index (χ2v) is 6.03. The van der Waals surface area contributed by atoms with Crippen LogP contribution in [0.4, 0.5) is 4.39 Å². The van der Waals surface area contributed by atoms with Crippen LogP contribution in [-0.4, -0.2) is 10.5 Å². The maximum Gasteiger partial charge on any atom is 0.315 e. The Hall–Kier alpha value is -2.47. The highest BCUT2D eigenvalue weighted by Crippen LogP contribution is 2.26.